The molecule has 1 aromatic carbocycles. The molecule has 1 N–H and O–H groups in total. The molecule has 2 rings (SSSR count). The highest BCUT2D eigenvalue weighted by atomic mass is 32.2. The lowest BCUT2D eigenvalue weighted by molar-refractivity contribution is 0.278. The van der Waals surface area contributed by atoms with Crippen LogP contribution in [0.25, 0.3) is 0 Å². The standard InChI is InChI=1S/C11H15NO4S2/c13-9-10-3-1-2-4-11(10)18(15,16)12-5-7-17(14)8-6-12/h1-4,13H,5-9H2. The Morgan fingerprint density at radius 3 is 2.44 bits per heavy atom. The van der Waals surface area contributed by atoms with E-state index in [-0.39, 0.29) is 24.6 Å². The molecular weight excluding hydrogens is 274 g/mol. The van der Waals surface area contributed by atoms with E-state index in [4.69, 9.17) is 0 Å². The smallest absolute Gasteiger partial charge is 0.243 e. The van der Waals surface area contributed by atoms with E-state index in [1.165, 1.54) is 10.4 Å². The molecule has 0 aromatic heterocycles. The first-order chi connectivity index (χ1) is 8.55. The fourth-order valence-electron chi connectivity index (χ4n) is 1.89. The van der Waals surface area contributed by atoms with Crippen molar-refractivity contribution in [3.8, 4) is 0 Å². The quantitative estimate of drug-likeness (QED) is 0.845. The molecule has 0 aliphatic carbocycles. The monoisotopic (exact) mass is 289 g/mol. The van der Waals surface area contributed by atoms with E-state index in [0.717, 1.165) is 0 Å². The lowest BCUT2D eigenvalue weighted by Crippen LogP contribution is -2.41. The van der Waals surface area contributed by atoms with Gasteiger partial charge in [0.05, 0.1) is 11.5 Å². The molecule has 1 heterocycles. The van der Waals surface area contributed by atoms with Crippen LogP contribution in [0.2, 0.25) is 0 Å². The van der Waals surface area contributed by atoms with Crippen LogP contribution in [0.1, 0.15) is 5.56 Å². The van der Waals surface area contributed by atoms with E-state index in [1.54, 1.807) is 18.2 Å². The van der Waals surface area contributed by atoms with Crippen LogP contribution in [0.3, 0.4) is 0 Å². The molecule has 7 heteroatoms. The molecule has 0 amide bonds. The van der Waals surface area contributed by atoms with Gasteiger partial charge in [-0.15, -0.1) is 0 Å². The van der Waals surface area contributed by atoms with Crippen molar-refractivity contribution in [1.29, 1.82) is 0 Å². The minimum absolute atomic E-state index is 0.139. The van der Waals surface area contributed by atoms with Crippen LogP contribution >= 0.6 is 0 Å². The Bertz CT molecular complexity index is 546. The molecule has 5 nitrogen and oxygen atoms in total. The zero-order valence-electron chi connectivity index (χ0n) is 9.78. The van der Waals surface area contributed by atoms with Gasteiger partial charge in [0.1, 0.15) is 0 Å². The van der Waals surface area contributed by atoms with E-state index in [2.05, 4.69) is 0 Å². The maximum Gasteiger partial charge on any atom is 0.243 e. The van der Waals surface area contributed by atoms with Gasteiger partial charge in [0.15, 0.2) is 0 Å². The van der Waals surface area contributed by atoms with Crippen LogP contribution in [-0.2, 0) is 27.4 Å². The molecule has 1 aliphatic heterocycles. The molecule has 1 saturated heterocycles. The van der Waals surface area contributed by atoms with Gasteiger partial charge in [-0.05, 0) is 11.6 Å². The number of aliphatic hydroxyl groups is 1. The summed E-state index contributed by atoms with van der Waals surface area (Å²) < 4.78 is 37.4. The highest BCUT2D eigenvalue weighted by Crippen LogP contribution is 2.21. The maximum absolute atomic E-state index is 12.4. The predicted octanol–water partition coefficient (Wildman–Crippen LogP) is -0.0681. The van der Waals surface area contributed by atoms with Gasteiger partial charge in [0.25, 0.3) is 0 Å². The first-order valence-electron chi connectivity index (χ1n) is 5.59. The number of rotatable bonds is 3. The summed E-state index contributed by atoms with van der Waals surface area (Å²) in [6, 6.07) is 6.41. The summed E-state index contributed by atoms with van der Waals surface area (Å²) in [5, 5.41) is 9.19. The van der Waals surface area contributed by atoms with E-state index < -0.39 is 20.8 Å². The zero-order valence-corrected chi connectivity index (χ0v) is 11.4. The Morgan fingerprint density at radius 1 is 1.22 bits per heavy atom. The SMILES string of the molecule is O=S1CCN(S(=O)(=O)c2ccccc2CO)CC1. The van der Waals surface area contributed by atoms with Gasteiger partial charge in [-0.25, -0.2) is 8.42 Å². The minimum atomic E-state index is -3.59. The molecule has 1 fully saturated rings. The van der Waals surface area contributed by atoms with Crippen molar-refractivity contribution in [2.45, 2.75) is 11.5 Å². The van der Waals surface area contributed by atoms with Crippen molar-refractivity contribution in [2.75, 3.05) is 24.6 Å². The first-order valence-corrected chi connectivity index (χ1v) is 8.52. The number of aliphatic hydroxyl groups excluding tert-OH is 1. The van der Waals surface area contributed by atoms with Crippen molar-refractivity contribution < 1.29 is 17.7 Å². The second kappa shape index (κ2) is 5.48. The van der Waals surface area contributed by atoms with Crippen molar-refractivity contribution >= 4 is 20.8 Å². The van der Waals surface area contributed by atoms with Crippen molar-refractivity contribution in [2.24, 2.45) is 0 Å². The number of sulfonamides is 1. The Morgan fingerprint density at radius 2 is 1.83 bits per heavy atom. The van der Waals surface area contributed by atoms with Crippen LogP contribution in [0.5, 0.6) is 0 Å². The Kier molecular flexibility index (Phi) is 4.16. The van der Waals surface area contributed by atoms with Crippen LogP contribution in [0, 0.1) is 0 Å². The van der Waals surface area contributed by atoms with Crippen molar-refractivity contribution in [3.05, 3.63) is 29.8 Å². The van der Waals surface area contributed by atoms with Gasteiger partial charge in [-0.3, -0.25) is 4.21 Å². The molecule has 0 atom stereocenters. The molecule has 100 valence electrons. The largest absolute Gasteiger partial charge is 0.392 e. The summed E-state index contributed by atoms with van der Waals surface area (Å²) in [6.07, 6.45) is 0. The van der Waals surface area contributed by atoms with Crippen molar-refractivity contribution in [3.63, 3.8) is 0 Å². The van der Waals surface area contributed by atoms with Gasteiger partial charge >= 0.3 is 0 Å². The maximum atomic E-state index is 12.4. The number of hydrogen-bond acceptors (Lipinski definition) is 4. The average Bonchev–Trinajstić information content (AvgIpc) is 2.39. The van der Waals surface area contributed by atoms with Crippen LogP contribution in [0.4, 0.5) is 0 Å². The zero-order chi connectivity index (χ0) is 13.2. The van der Waals surface area contributed by atoms with Gasteiger partial charge in [0, 0.05) is 35.4 Å². The molecule has 0 bridgehead atoms. The Labute approximate surface area is 109 Å². The fourth-order valence-corrected chi connectivity index (χ4v) is 4.83. The second-order valence-electron chi connectivity index (χ2n) is 4.02. The lowest BCUT2D eigenvalue weighted by atomic mass is 10.2. The van der Waals surface area contributed by atoms with E-state index in [0.29, 0.717) is 17.1 Å². The topological polar surface area (TPSA) is 74.7 Å². The highest BCUT2D eigenvalue weighted by Gasteiger charge is 2.29. The summed E-state index contributed by atoms with van der Waals surface area (Å²) in [5.41, 5.74) is 0.393. The third-order valence-corrected chi connectivity index (χ3v) is 6.17. The van der Waals surface area contributed by atoms with E-state index >= 15 is 0 Å². The van der Waals surface area contributed by atoms with Crippen LogP contribution in [-0.4, -0.2) is 46.6 Å². The molecular formula is C11H15NO4S2. The fraction of sp³-hybridized carbons (Fsp3) is 0.455. The lowest BCUT2D eigenvalue weighted by Gasteiger charge is -2.26. The molecule has 0 unspecified atom stereocenters. The highest BCUT2D eigenvalue weighted by molar-refractivity contribution is 7.89. The van der Waals surface area contributed by atoms with Crippen molar-refractivity contribution in [1.82, 2.24) is 4.31 Å². The minimum Gasteiger partial charge on any atom is -0.392 e. The number of hydrogen-bond donors (Lipinski definition) is 1. The first kappa shape index (κ1) is 13.7. The normalized spacial score (nSPS) is 18.9. The number of nitrogens with zero attached hydrogens (tertiary/aromatic N) is 1. The molecule has 1 aromatic rings. The Hall–Kier alpha value is -0.760. The summed E-state index contributed by atoms with van der Waals surface area (Å²) in [5.74, 6) is 0.751. The third-order valence-electron chi connectivity index (χ3n) is 2.90. The third kappa shape index (κ3) is 2.64. The predicted molar refractivity (Wildman–Crippen MR) is 69.0 cm³/mol. The summed E-state index contributed by atoms with van der Waals surface area (Å²) in [4.78, 5) is 0.139. The molecule has 0 radical (unpaired) electrons. The summed E-state index contributed by atoms with van der Waals surface area (Å²) >= 11 is 0. The summed E-state index contributed by atoms with van der Waals surface area (Å²) in [6.45, 7) is 0.235. The van der Waals surface area contributed by atoms with Gasteiger partial charge in [-0.1, -0.05) is 18.2 Å². The number of benzene rings is 1. The van der Waals surface area contributed by atoms with E-state index in [9.17, 15) is 17.7 Å². The van der Waals surface area contributed by atoms with Crippen LogP contribution in [0.15, 0.2) is 29.2 Å². The van der Waals surface area contributed by atoms with Gasteiger partial charge in [-0.2, -0.15) is 4.31 Å². The van der Waals surface area contributed by atoms with Gasteiger partial charge in [0.2, 0.25) is 10.0 Å². The van der Waals surface area contributed by atoms with Crippen LogP contribution < -0.4 is 0 Å². The Balaban J connectivity index is 2.33. The molecule has 0 spiro atoms. The van der Waals surface area contributed by atoms with Gasteiger partial charge < -0.3 is 5.11 Å². The second-order valence-corrected chi connectivity index (χ2v) is 7.62. The average molecular weight is 289 g/mol. The molecule has 1 aliphatic rings. The van der Waals surface area contributed by atoms with E-state index in [1.807, 2.05) is 0 Å². The molecule has 18 heavy (non-hydrogen) atoms. The molecule has 0 saturated carbocycles. The summed E-state index contributed by atoms with van der Waals surface area (Å²) in [7, 11) is -4.50.